The first-order valence-electron chi connectivity index (χ1n) is 5.57. The molecule has 6 nitrogen and oxygen atoms in total. The van der Waals surface area contributed by atoms with Crippen molar-refractivity contribution in [3.63, 3.8) is 0 Å². The fraction of sp³-hybridized carbons (Fsp3) is 0.727. The normalized spacial score (nSPS) is 18.6. The van der Waals surface area contributed by atoms with Crippen LogP contribution >= 0.6 is 0 Å². The van der Waals surface area contributed by atoms with Crippen LogP contribution in [0.3, 0.4) is 0 Å². The highest BCUT2D eigenvalue weighted by Crippen LogP contribution is 2.26. The van der Waals surface area contributed by atoms with Gasteiger partial charge in [-0.1, -0.05) is 20.4 Å². The molecule has 3 N–H and O–H groups in total. The Hall–Kier alpha value is -0.920. The molecule has 0 fully saturated rings. The molecule has 0 rings (SSSR count). The molecule has 0 aromatic carbocycles. The van der Waals surface area contributed by atoms with E-state index in [1.807, 2.05) is 0 Å². The van der Waals surface area contributed by atoms with Crippen molar-refractivity contribution in [3.05, 3.63) is 12.2 Å². The van der Waals surface area contributed by atoms with E-state index in [0.717, 1.165) is 0 Å². The number of ether oxygens (including phenoxy) is 1. The molecule has 0 aromatic rings. The first kappa shape index (κ1) is 17.1. The molecular formula is C11H21NO5S. The number of carbonyl (C=O) groups is 1. The van der Waals surface area contributed by atoms with Crippen LogP contribution in [0.2, 0.25) is 0 Å². The van der Waals surface area contributed by atoms with Crippen molar-refractivity contribution in [2.75, 3.05) is 0 Å². The summed E-state index contributed by atoms with van der Waals surface area (Å²) in [6, 6.07) is 0. The quantitative estimate of drug-likeness (QED) is 0.326. The van der Waals surface area contributed by atoms with Crippen molar-refractivity contribution in [2.45, 2.75) is 45.1 Å². The van der Waals surface area contributed by atoms with Crippen molar-refractivity contribution >= 4 is 16.1 Å². The van der Waals surface area contributed by atoms with E-state index in [1.165, 1.54) is 20.8 Å². The van der Waals surface area contributed by atoms with Gasteiger partial charge >= 0.3 is 5.97 Å². The van der Waals surface area contributed by atoms with Gasteiger partial charge in [0.1, 0.15) is 0 Å². The first-order valence-corrected chi connectivity index (χ1v) is 7.07. The zero-order chi connectivity index (χ0) is 14.7. The summed E-state index contributed by atoms with van der Waals surface area (Å²) < 4.78 is 36.5. The van der Waals surface area contributed by atoms with E-state index in [1.54, 1.807) is 6.92 Å². The van der Waals surface area contributed by atoms with Crippen molar-refractivity contribution in [1.29, 1.82) is 0 Å². The Morgan fingerprint density at radius 1 is 1.56 bits per heavy atom. The Morgan fingerprint density at radius 3 is 2.28 bits per heavy atom. The standard InChI is InChI=1S/C11H21NO5S/c1-6-9(18(14,15)16)8(4)11(5,12)17-10(13)7(2)3/h8-9H,2,6,12H2,1,3-5H3,(H,14,15,16). The van der Waals surface area contributed by atoms with Gasteiger partial charge in [0.05, 0.1) is 5.25 Å². The van der Waals surface area contributed by atoms with E-state index in [0.29, 0.717) is 0 Å². The minimum atomic E-state index is -4.25. The monoisotopic (exact) mass is 279 g/mol. The summed E-state index contributed by atoms with van der Waals surface area (Å²) in [5.74, 6) is -1.46. The van der Waals surface area contributed by atoms with Gasteiger partial charge in [0.15, 0.2) is 5.72 Å². The maximum Gasteiger partial charge on any atom is 0.334 e. The molecule has 3 atom stereocenters. The van der Waals surface area contributed by atoms with E-state index in [9.17, 15) is 13.2 Å². The Morgan fingerprint density at radius 2 is 2.00 bits per heavy atom. The van der Waals surface area contributed by atoms with E-state index in [-0.39, 0.29) is 12.0 Å². The van der Waals surface area contributed by atoms with Crippen LogP contribution in [-0.2, 0) is 19.6 Å². The summed E-state index contributed by atoms with van der Waals surface area (Å²) in [6.45, 7) is 9.38. The largest absolute Gasteiger partial charge is 0.441 e. The molecule has 18 heavy (non-hydrogen) atoms. The summed E-state index contributed by atoms with van der Waals surface area (Å²) in [6.07, 6.45) is 0.164. The number of hydrogen-bond donors (Lipinski definition) is 2. The number of esters is 1. The molecular weight excluding hydrogens is 258 g/mol. The van der Waals surface area contributed by atoms with Crippen molar-refractivity contribution < 1.29 is 22.5 Å². The third-order valence-corrected chi connectivity index (χ3v) is 4.41. The lowest BCUT2D eigenvalue weighted by molar-refractivity contribution is -0.157. The molecule has 0 heterocycles. The smallest absolute Gasteiger partial charge is 0.334 e. The van der Waals surface area contributed by atoms with Gasteiger partial charge in [-0.25, -0.2) is 4.79 Å². The highest BCUT2D eigenvalue weighted by Gasteiger charge is 2.41. The van der Waals surface area contributed by atoms with Crippen LogP contribution in [0.1, 0.15) is 34.1 Å². The lowest BCUT2D eigenvalue weighted by Gasteiger charge is -2.34. The molecule has 0 radical (unpaired) electrons. The van der Waals surface area contributed by atoms with Crippen molar-refractivity contribution in [2.24, 2.45) is 11.7 Å². The molecule has 3 unspecified atom stereocenters. The van der Waals surface area contributed by atoms with Gasteiger partial charge in [-0.2, -0.15) is 8.42 Å². The first-order chi connectivity index (χ1) is 7.93. The third-order valence-electron chi connectivity index (χ3n) is 2.91. The maximum atomic E-state index is 11.4. The van der Waals surface area contributed by atoms with Gasteiger partial charge in [-0.05, 0) is 20.3 Å². The number of nitrogens with two attached hydrogens (primary N) is 1. The molecule has 0 aliphatic heterocycles. The summed E-state index contributed by atoms with van der Waals surface area (Å²) in [4.78, 5) is 11.4. The maximum absolute atomic E-state index is 11.4. The van der Waals surface area contributed by atoms with Crippen molar-refractivity contribution in [3.8, 4) is 0 Å². The Balaban J connectivity index is 5.11. The molecule has 0 saturated heterocycles. The summed E-state index contributed by atoms with van der Waals surface area (Å²) in [5.41, 5.74) is 4.47. The summed E-state index contributed by atoms with van der Waals surface area (Å²) >= 11 is 0. The zero-order valence-electron chi connectivity index (χ0n) is 11.1. The lowest BCUT2D eigenvalue weighted by atomic mass is 9.94. The Kier molecular flexibility index (Phi) is 5.52. The molecule has 0 aliphatic carbocycles. The average Bonchev–Trinajstić information content (AvgIpc) is 2.15. The average molecular weight is 279 g/mol. The second kappa shape index (κ2) is 5.81. The zero-order valence-corrected chi connectivity index (χ0v) is 12.0. The van der Waals surface area contributed by atoms with Gasteiger partial charge in [-0.3, -0.25) is 10.3 Å². The highest BCUT2D eigenvalue weighted by atomic mass is 32.2. The second-order valence-corrected chi connectivity index (χ2v) is 6.24. The van der Waals surface area contributed by atoms with Crippen molar-refractivity contribution in [1.82, 2.24) is 0 Å². The summed E-state index contributed by atoms with van der Waals surface area (Å²) in [5, 5.41) is -1.09. The second-order valence-electron chi connectivity index (χ2n) is 4.60. The minimum absolute atomic E-state index is 0.164. The fourth-order valence-corrected chi connectivity index (χ4v) is 2.78. The fourth-order valence-electron chi connectivity index (χ4n) is 1.57. The SMILES string of the molecule is C=C(C)C(=O)OC(C)(N)C(C)C(CC)S(=O)(=O)O. The molecule has 0 aromatic heterocycles. The van der Waals surface area contributed by atoms with Gasteiger partial charge in [-0.15, -0.1) is 0 Å². The van der Waals surface area contributed by atoms with E-state index < -0.39 is 33.0 Å². The molecule has 0 amide bonds. The van der Waals surface area contributed by atoms with Gasteiger partial charge in [0.2, 0.25) is 0 Å². The molecule has 7 heteroatoms. The van der Waals surface area contributed by atoms with Crippen LogP contribution in [0.25, 0.3) is 0 Å². The van der Waals surface area contributed by atoms with E-state index >= 15 is 0 Å². The molecule has 0 saturated carbocycles. The number of hydrogen-bond acceptors (Lipinski definition) is 5. The number of carbonyl (C=O) groups excluding carboxylic acids is 1. The van der Waals surface area contributed by atoms with E-state index in [4.69, 9.17) is 15.0 Å². The van der Waals surface area contributed by atoms with Gasteiger partial charge < -0.3 is 4.74 Å². The van der Waals surface area contributed by atoms with Crippen LogP contribution in [0.5, 0.6) is 0 Å². The van der Waals surface area contributed by atoms with Crippen LogP contribution in [-0.4, -0.2) is 29.9 Å². The van der Waals surface area contributed by atoms with Crippen LogP contribution in [0, 0.1) is 5.92 Å². The predicted octanol–water partition coefficient (Wildman–Crippen LogP) is 1.08. The van der Waals surface area contributed by atoms with Gasteiger partial charge in [0, 0.05) is 11.5 Å². The third kappa shape index (κ3) is 4.40. The minimum Gasteiger partial charge on any atom is -0.441 e. The highest BCUT2D eigenvalue weighted by molar-refractivity contribution is 7.86. The predicted molar refractivity (Wildman–Crippen MR) is 68.3 cm³/mol. The number of rotatable bonds is 6. The van der Waals surface area contributed by atoms with E-state index in [2.05, 4.69) is 6.58 Å². The lowest BCUT2D eigenvalue weighted by Crippen LogP contribution is -2.52. The Bertz CT molecular complexity index is 427. The van der Waals surface area contributed by atoms with Crippen LogP contribution < -0.4 is 5.73 Å². The van der Waals surface area contributed by atoms with Crippen LogP contribution in [0.15, 0.2) is 12.2 Å². The van der Waals surface area contributed by atoms with Crippen LogP contribution in [0.4, 0.5) is 0 Å². The van der Waals surface area contributed by atoms with Gasteiger partial charge in [0.25, 0.3) is 10.1 Å². The Labute approximate surface area is 108 Å². The molecule has 106 valence electrons. The topological polar surface area (TPSA) is 107 Å². The molecule has 0 spiro atoms. The molecule has 0 bridgehead atoms. The summed E-state index contributed by atoms with van der Waals surface area (Å²) in [7, 11) is -4.25. The molecule has 0 aliphatic rings.